The van der Waals surface area contributed by atoms with Gasteiger partial charge in [0.15, 0.2) is 4.80 Å². The maximum atomic E-state index is 14.3. The van der Waals surface area contributed by atoms with Gasteiger partial charge in [0.1, 0.15) is 18.4 Å². The van der Waals surface area contributed by atoms with E-state index < -0.39 is 12.0 Å². The maximum absolute atomic E-state index is 14.3. The van der Waals surface area contributed by atoms with Crippen molar-refractivity contribution in [2.45, 2.75) is 19.6 Å². The average molecular weight is 663 g/mol. The minimum absolute atomic E-state index is 0.197. The lowest BCUT2D eigenvalue weighted by molar-refractivity contribution is -0.138. The van der Waals surface area contributed by atoms with Crippen LogP contribution in [0.1, 0.15) is 34.5 Å². The molecule has 0 aliphatic carbocycles. The van der Waals surface area contributed by atoms with Gasteiger partial charge in [0.25, 0.3) is 5.56 Å². The first-order chi connectivity index (χ1) is 22.5. The first-order valence-electron chi connectivity index (χ1n) is 14.7. The van der Waals surface area contributed by atoms with Crippen LogP contribution in [-0.2, 0) is 16.1 Å². The quantitative estimate of drug-likeness (QED) is 0.160. The Kier molecular flexibility index (Phi) is 8.41. The van der Waals surface area contributed by atoms with Crippen LogP contribution in [0, 0.1) is 0 Å². The fraction of sp³-hybridized carbons (Fsp3) is 0.108. The van der Waals surface area contributed by atoms with Crippen LogP contribution in [-0.4, -0.2) is 17.1 Å². The lowest BCUT2D eigenvalue weighted by Crippen LogP contribution is -2.39. The van der Waals surface area contributed by atoms with Gasteiger partial charge in [0.05, 0.1) is 22.4 Å². The molecule has 4 aromatic carbocycles. The summed E-state index contributed by atoms with van der Waals surface area (Å²) in [5.74, 6) is 0.0897. The lowest BCUT2D eigenvalue weighted by Gasteiger charge is -2.24. The molecule has 2 aromatic heterocycles. The molecule has 0 saturated heterocycles. The molecule has 9 heteroatoms. The predicted octanol–water partition coefficient (Wildman–Crippen LogP) is 7.38. The van der Waals surface area contributed by atoms with Gasteiger partial charge < -0.3 is 9.47 Å². The van der Waals surface area contributed by atoms with Crippen LogP contribution >= 0.6 is 34.3 Å². The summed E-state index contributed by atoms with van der Waals surface area (Å²) in [4.78, 5) is 34.1. The molecule has 0 amide bonds. The fourth-order valence-electron chi connectivity index (χ4n) is 5.64. The highest BCUT2D eigenvalue weighted by atomic mass is 35.5. The minimum Gasteiger partial charge on any atom is -0.488 e. The summed E-state index contributed by atoms with van der Waals surface area (Å²) < 4.78 is 13.9. The molecule has 0 spiro atoms. The van der Waals surface area contributed by atoms with Crippen molar-refractivity contribution in [3.63, 3.8) is 0 Å². The number of benzene rings is 4. The third-order valence-electron chi connectivity index (χ3n) is 7.71. The number of carbonyl (C=O) groups excluding carboxylic acids is 1. The molecule has 46 heavy (non-hydrogen) atoms. The van der Waals surface area contributed by atoms with Gasteiger partial charge in [-0.05, 0) is 59.0 Å². The molecular formula is C37H27ClN2O4S2. The van der Waals surface area contributed by atoms with E-state index in [0.717, 1.165) is 26.8 Å². The van der Waals surface area contributed by atoms with Crippen LogP contribution in [0.4, 0.5) is 0 Å². The number of halogens is 1. The third-order valence-corrected chi connectivity index (χ3v) is 9.85. The number of aromatic nitrogens is 1. The zero-order chi connectivity index (χ0) is 31.6. The number of fused-ring (bicyclic) bond motifs is 2. The van der Waals surface area contributed by atoms with Gasteiger partial charge >= 0.3 is 5.97 Å². The van der Waals surface area contributed by atoms with Crippen LogP contribution in [0.3, 0.4) is 0 Å². The Bertz CT molecular complexity index is 2280. The number of rotatable bonds is 8. The maximum Gasteiger partial charge on any atom is 0.338 e. The van der Waals surface area contributed by atoms with E-state index in [2.05, 4.69) is 18.2 Å². The number of hydrogen-bond acceptors (Lipinski definition) is 7. The monoisotopic (exact) mass is 662 g/mol. The Morgan fingerprint density at radius 3 is 2.59 bits per heavy atom. The van der Waals surface area contributed by atoms with Crippen molar-refractivity contribution in [1.82, 2.24) is 4.57 Å². The van der Waals surface area contributed by atoms with E-state index in [0.29, 0.717) is 43.5 Å². The van der Waals surface area contributed by atoms with Gasteiger partial charge in [0, 0.05) is 21.0 Å². The number of esters is 1. The van der Waals surface area contributed by atoms with Crippen LogP contribution in [0.5, 0.6) is 5.75 Å². The minimum atomic E-state index is -0.700. The molecular weight excluding hydrogens is 636 g/mol. The molecule has 0 N–H and O–H groups in total. The van der Waals surface area contributed by atoms with Gasteiger partial charge in [-0.1, -0.05) is 102 Å². The number of hydrogen-bond donors (Lipinski definition) is 0. The Morgan fingerprint density at radius 1 is 0.978 bits per heavy atom. The van der Waals surface area contributed by atoms with Crippen molar-refractivity contribution in [2.24, 2.45) is 4.99 Å². The van der Waals surface area contributed by atoms with Crippen molar-refractivity contribution in [3.05, 3.63) is 160 Å². The first kappa shape index (κ1) is 29.9. The van der Waals surface area contributed by atoms with E-state index in [4.69, 9.17) is 26.1 Å². The summed E-state index contributed by atoms with van der Waals surface area (Å²) in [6.45, 7) is 2.30. The Hall–Kier alpha value is -4.76. The SMILES string of the molecule is CCOC(=O)C1=C(c2ccccc2)N=c2s/c(=C\c3cc(Cl)ccc3OCc3cccc4ccccc34)c(=O)n2[C@@H]1c1cccs1. The average Bonchev–Trinajstić information content (AvgIpc) is 3.72. The van der Waals surface area contributed by atoms with Gasteiger partial charge in [0.2, 0.25) is 0 Å². The van der Waals surface area contributed by atoms with E-state index in [1.54, 1.807) is 29.7 Å². The zero-order valence-electron chi connectivity index (χ0n) is 24.7. The van der Waals surface area contributed by atoms with E-state index in [-0.39, 0.29) is 12.2 Å². The van der Waals surface area contributed by atoms with Crippen LogP contribution < -0.4 is 19.6 Å². The molecule has 0 saturated carbocycles. The second kappa shape index (κ2) is 12.9. The Morgan fingerprint density at radius 2 is 1.78 bits per heavy atom. The predicted molar refractivity (Wildman–Crippen MR) is 185 cm³/mol. The number of ether oxygens (including phenoxy) is 2. The number of thiophene rings is 1. The standard InChI is InChI=1S/C37H27ClN2O4S2/c1-2-43-36(42)32-33(24-11-4-3-5-12-24)39-37-40(34(32)30-16-9-19-45-30)35(41)31(46-37)21-26-20-27(38)17-18-29(26)44-22-25-14-8-13-23-10-6-7-15-28(23)25/h3-21,34H,2,22H2,1H3/b31-21-/t34-/m1/s1. The Labute approximate surface area is 277 Å². The molecule has 0 bridgehead atoms. The summed E-state index contributed by atoms with van der Waals surface area (Å²) in [6, 6.07) is 32.4. The van der Waals surface area contributed by atoms with Crippen molar-refractivity contribution in [3.8, 4) is 5.75 Å². The molecule has 3 heterocycles. The van der Waals surface area contributed by atoms with Gasteiger partial charge in [-0.15, -0.1) is 11.3 Å². The fourth-order valence-corrected chi connectivity index (χ4v) is 7.63. The molecule has 0 radical (unpaired) electrons. The third kappa shape index (κ3) is 5.71. The van der Waals surface area contributed by atoms with E-state index in [1.165, 1.54) is 22.7 Å². The number of nitrogens with zero attached hydrogens (tertiary/aromatic N) is 2. The summed E-state index contributed by atoms with van der Waals surface area (Å²) in [5, 5.41) is 4.71. The second-order valence-electron chi connectivity index (χ2n) is 10.6. The lowest BCUT2D eigenvalue weighted by atomic mass is 9.97. The van der Waals surface area contributed by atoms with Gasteiger partial charge in [-0.2, -0.15) is 0 Å². The van der Waals surface area contributed by atoms with Crippen LogP contribution in [0.25, 0.3) is 22.5 Å². The van der Waals surface area contributed by atoms with E-state index >= 15 is 0 Å². The molecule has 1 aliphatic rings. The molecule has 1 aliphatic heterocycles. The highest BCUT2D eigenvalue weighted by Crippen LogP contribution is 2.37. The number of carbonyl (C=O) groups is 1. The van der Waals surface area contributed by atoms with Crippen LogP contribution in [0.2, 0.25) is 5.02 Å². The normalized spacial score (nSPS) is 14.7. The highest BCUT2D eigenvalue weighted by molar-refractivity contribution is 7.10. The summed E-state index contributed by atoms with van der Waals surface area (Å²) >= 11 is 9.19. The van der Waals surface area contributed by atoms with E-state index in [1.807, 2.05) is 78.2 Å². The second-order valence-corrected chi connectivity index (χ2v) is 13.0. The molecule has 1 atom stereocenters. The Balaban J connectivity index is 1.36. The highest BCUT2D eigenvalue weighted by Gasteiger charge is 2.35. The van der Waals surface area contributed by atoms with Crippen molar-refractivity contribution in [2.75, 3.05) is 6.61 Å². The van der Waals surface area contributed by atoms with Crippen LogP contribution in [0.15, 0.2) is 124 Å². The van der Waals surface area contributed by atoms with Crippen molar-refractivity contribution in [1.29, 1.82) is 0 Å². The van der Waals surface area contributed by atoms with Gasteiger partial charge in [-0.3, -0.25) is 9.36 Å². The molecule has 6 aromatic rings. The molecule has 0 unspecified atom stereocenters. The smallest absolute Gasteiger partial charge is 0.338 e. The number of thiazole rings is 1. The van der Waals surface area contributed by atoms with Crippen molar-refractivity contribution < 1.29 is 14.3 Å². The molecule has 7 rings (SSSR count). The van der Waals surface area contributed by atoms with Crippen molar-refractivity contribution >= 4 is 62.8 Å². The molecule has 0 fully saturated rings. The topological polar surface area (TPSA) is 69.9 Å². The largest absolute Gasteiger partial charge is 0.488 e. The zero-order valence-corrected chi connectivity index (χ0v) is 27.1. The van der Waals surface area contributed by atoms with E-state index in [9.17, 15) is 9.59 Å². The van der Waals surface area contributed by atoms with Gasteiger partial charge in [-0.25, -0.2) is 9.79 Å². The summed E-state index contributed by atoms with van der Waals surface area (Å²) in [5.41, 5.74) is 3.04. The molecule has 6 nitrogen and oxygen atoms in total. The summed E-state index contributed by atoms with van der Waals surface area (Å²) in [7, 11) is 0. The molecule has 228 valence electrons. The summed E-state index contributed by atoms with van der Waals surface area (Å²) in [6.07, 6.45) is 1.79. The first-order valence-corrected chi connectivity index (χ1v) is 16.8.